The Balaban J connectivity index is 1.86. The molecule has 1 aliphatic rings. The molecule has 21 heavy (non-hydrogen) atoms. The summed E-state index contributed by atoms with van der Waals surface area (Å²) in [5, 5.41) is 3.02. The number of H-pyrrole nitrogens is 1. The number of hydrogen-bond donors (Lipinski definition) is 2. The predicted octanol–water partition coefficient (Wildman–Crippen LogP) is 2.66. The van der Waals surface area contributed by atoms with Crippen LogP contribution in [0.3, 0.4) is 0 Å². The summed E-state index contributed by atoms with van der Waals surface area (Å²) in [6.07, 6.45) is 4.10. The van der Waals surface area contributed by atoms with Gasteiger partial charge in [0, 0.05) is 20.1 Å². The Bertz CT molecular complexity index is 619. The zero-order valence-electron chi connectivity index (χ0n) is 13.3. The highest BCUT2D eigenvalue weighted by molar-refractivity contribution is 5.84. The van der Waals surface area contributed by atoms with Gasteiger partial charge in [-0.05, 0) is 24.2 Å². The number of rotatable bonds is 2. The quantitative estimate of drug-likeness (QED) is 0.889. The van der Waals surface area contributed by atoms with Crippen LogP contribution in [0.15, 0.2) is 6.33 Å². The summed E-state index contributed by atoms with van der Waals surface area (Å²) >= 11 is 0. The molecular weight excluding hydrogens is 264 g/mol. The van der Waals surface area contributed by atoms with Crippen molar-refractivity contribution in [3.05, 3.63) is 6.33 Å². The lowest BCUT2D eigenvalue weighted by Gasteiger charge is -2.39. The summed E-state index contributed by atoms with van der Waals surface area (Å²) in [6.45, 7) is 9.09. The Morgan fingerprint density at radius 1 is 1.24 bits per heavy atom. The molecule has 3 heterocycles. The smallest absolute Gasteiger partial charge is 0.226 e. The maximum Gasteiger partial charge on any atom is 0.226 e. The van der Waals surface area contributed by atoms with E-state index in [0.717, 1.165) is 36.0 Å². The highest BCUT2D eigenvalue weighted by Crippen LogP contribution is 2.36. The standard InChI is InChI=1S/C15H24N6/c1-15(2,3)10-5-7-21(8-6-10)13-11-12(18-9-17-11)19-14(16-4)20-13/h9-10H,5-8H2,1-4H3,(H2,16,17,18,19,20). The van der Waals surface area contributed by atoms with E-state index in [1.165, 1.54) is 12.8 Å². The Kier molecular flexibility index (Phi) is 3.47. The van der Waals surface area contributed by atoms with Crippen LogP contribution in [0, 0.1) is 11.3 Å². The lowest BCUT2D eigenvalue weighted by Crippen LogP contribution is -2.38. The van der Waals surface area contributed by atoms with Crippen LogP contribution in [0.1, 0.15) is 33.6 Å². The number of hydrogen-bond acceptors (Lipinski definition) is 5. The van der Waals surface area contributed by atoms with Gasteiger partial charge in [-0.3, -0.25) is 0 Å². The van der Waals surface area contributed by atoms with E-state index in [4.69, 9.17) is 0 Å². The van der Waals surface area contributed by atoms with Crippen LogP contribution in [-0.4, -0.2) is 40.1 Å². The largest absolute Gasteiger partial charge is 0.357 e. The molecular formula is C15H24N6. The summed E-state index contributed by atoms with van der Waals surface area (Å²) in [5.41, 5.74) is 2.04. The third kappa shape index (κ3) is 2.66. The molecule has 0 aliphatic carbocycles. The average Bonchev–Trinajstić information content (AvgIpc) is 2.93. The van der Waals surface area contributed by atoms with Gasteiger partial charge in [-0.1, -0.05) is 20.8 Å². The summed E-state index contributed by atoms with van der Waals surface area (Å²) in [6, 6.07) is 0. The van der Waals surface area contributed by atoms with Gasteiger partial charge < -0.3 is 15.2 Å². The number of fused-ring (bicyclic) bond motifs is 1. The molecule has 1 saturated heterocycles. The van der Waals surface area contributed by atoms with Crippen LogP contribution in [0.2, 0.25) is 0 Å². The van der Waals surface area contributed by atoms with E-state index >= 15 is 0 Å². The van der Waals surface area contributed by atoms with Crippen molar-refractivity contribution in [2.24, 2.45) is 11.3 Å². The van der Waals surface area contributed by atoms with Crippen LogP contribution >= 0.6 is 0 Å². The summed E-state index contributed by atoms with van der Waals surface area (Å²) in [4.78, 5) is 18.8. The minimum Gasteiger partial charge on any atom is -0.357 e. The first kappa shape index (κ1) is 14.1. The van der Waals surface area contributed by atoms with Gasteiger partial charge in [0.1, 0.15) is 5.52 Å². The lowest BCUT2D eigenvalue weighted by molar-refractivity contribution is 0.199. The third-order valence-corrected chi connectivity index (χ3v) is 4.51. The highest BCUT2D eigenvalue weighted by Gasteiger charge is 2.30. The minimum atomic E-state index is 0.386. The van der Waals surface area contributed by atoms with Gasteiger partial charge in [-0.2, -0.15) is 9.97 Å². The first-order valence-electron chi connectivity index (χ1n) is 7.63. The molecule has 2 N–H and O–H groups in total. The second-order valence-corrected chi connectivity index (χ2v) is 6.85. The SMILES string of the molecule is CNc1nc(N2CCC(C(C)(C)C)CC2)c2[nH]cnc2n1. The summed E-state index contributed by atoms with van der Waals surface area (Å²) < 4.78 is 0. The fourth-order valence-corrected chi connectivity index (χ4v) is 3.12. The molecule has 0 unspecified atom stereocenters. The molecule has 0 atom stereocenters. The van der Waals surface area contributed by atoms with Crippen molar-refractivity contribution in [3.8, 4) is 0 Å². The van der Waals surface area contributed by atoms with E-state index < -0.39 is 0 Å². The molecule has 0 aromatic carbocycles. The van der Waals surface area contributed by atoms with Crippen molar-refractivity contribution in [1.82, 2.24) is 19.9 Å². The Morgan fingerprint density at radius 2 is 1.95 bits per heavy atom. The van der Waals surface area contributed by atoms with Crippen molar-refractivity contribution in [2.45, 2.75) is 33.6 Å². The molecule has 1 aliphatic heterocycles. The zero-order valence-corrected chi connectivity index (χ0v) is 13.3. The number of nitrogens with one attached hydrogen (secondary N) is 2. The van der Waals surface area contributed by atoms with Gasteiger partial charge in [0.2, 0.25) is 5.95 Å². The van der Waals surface area contributed by atoms with Gasteiger partial charge in [0.05, 0.1) is 6.33 Å². The average molecular weight is 288 g/mol. The van der Waals surface area contributed by atoms with Crippen molar-refractivity contribution in [2.75, 3.05) is 30.4 Å². The molecule has 0 saturated carbocycles. The molecule has 0 amide bonds. The first-order chi connectivity index (χ1) is 9.99. The molecule has 2 aromatic heterocycles. The third-order valence-electron chi connectivity index (χ3n) is 4.51. The van der Waals surface area contributed by atoms with E-state index in [-0.39, 0.29) is 0 Å². The molecule has 3 rings (SSSR count). The number of nitrogens with zero attached hydrogens (tertiary/aromatic N) is 4. The molecule has 6 nitrogen and oxygen atoms in total. The lowest BCUT2D eigenvalue weighted by atomic mass is 9.75. The second kappa shape index (κ2) is 5.16. The van der Waals surface area contributed by atoms with Crippen LogP contribution in [0.5, 0.6) is 0 Å². The van der Waals surface area contributed by atoms with Crippen molar-refractivity contribution in [1.29, 1.82) is 0 Å². The van der Waals surface area contributed by atoms with Gasteiger partial charge in [0.25, 0.3) is 0 Å². The Morgan fingerprint density at radius 3 is 2.57 bits per heavy atom. The normalized spacial score (nSPS) is 17.4. The van der Waals surface area contributed by atoms with E-state index in [2.05, 4.69) is 50.9 Å². The van der Waals surface area contributed by atoms with E-state index in [1.807, 2.05) is 7.05 Å². The Hall–Kier alpha value is -1.85. The van der Waals surface area contributed by atoms with Crippen molar-refractivity contribution >= 4 is 22.9 Å². The minimum absolute atomic E-state index is 0.386. The summed E-state index contributed by atoms with van der Waals surface area (Å²) in [7, 11) is 1.84. The maximum atomic E-state index is 4.63. The molecule has 114 valence electrons. The van der Waals surface area contributed by atoms with Gasteiger partial charge in [-0.25, -0.2) is 4.98 Å². The van der Waals surface area contributed by atoms with E-state index in [1.54, 1.807) is 6.33 Å². The fraction of sp³-hybridized carbons (Fsp3) is 0.667. The molecule has 0 bridgehead atoms. The van der Waals surface area contributed by atoms with Crippen LogP contribution in [0.25, 0.3) is 11.2 Å². The molecule has 6 heteroatoms. The number of aromatic nitrogens is 4. The van der Waals surface area contributed by atoms with E-state index in [9.17, 15) is 0 Å². The molecule has 0 spiro atoms. The highest BCUT2D eigenvalue weighted by atomic mass is 15.2. The van der Waals surface area contributed by atoms with Crippen molar-refractivity contribution < 1.29 is 0 Å². The Labute approximate surface area is 125 Å². The van der Waals surface area contributed by atoms with Crippen LogP contribution in [0.4, 0.5) is 11.8 Å². The second-order valence-electron chi connectivity index (χ2n) is 6.85. The van der Waals surface area contributed by atoms with Crippen molar-refractivity contribution in [3.63, 3.8) is 0 Å². The number of piperidine rings is 1. The number of aromatic amines is 1. The van der Waals surface area contributed by atoms with Gasteiger partial charge in [0.15, 0.2) is 11.5 Å². The predicted molar refractivity (Wildman–Crippen MR) is 85.6 cm³/mol. The molecule has 0 radical (unpaired) electrons. The molecule has 1 fully saturated rings. The monoisotopic (exact) mass is 288 g/mol. The maximum absolute atomic E-state index is 4.63. The van der Waals surface area contributed by atoms with Gasteiger partial charge in [-0.15, -0.1) is 0 Å². The van der Waals surface area contributed by atoms with Gasteiger partial charge >= 0.3 is 0 Å². The molecule has 2 aromatic rings. The first-order valence-corrected chi connectivity index (χ1v) is 7.63. The number of anilines is 2. The summed E-state index contributed by atoms with van der Waals surface area (Å²) in [5.74, 6) is 2.37. The van der Waals surface area contributed by atoms with Crippen LogP contribution in [-0.2, 0) is 0 Å². The zero-order chi connectivity index (χ0) is 15.0. The number of imidazole rings is 1. The fourth-order valence-electron chi connectivity index (χ4n) is 3.12. The van der Waals surface area contributed by atoms with E-state index in [0.29, 0.717) is 11.4 Å². The van der Waals surface area contributed by atoms with Crippen LogP contribution < -0.4 is 10.2 Å². The topological polar surface area (TPSA) is 69.7 Å².